The van der Waals surface area contributed by atoms with Crippen LogP contribution < -0.4 is 0 Å². The van der Waals surface area contributed by atoms with Crippen LogP contribution in [-0.4, -0.2) is 49.6 Å². The Hall–Kier alpha value is -3.45. The van der Waals surface area contributed by atoms with Gasteiger partial charge in [-0.2, -0.15) is 0 Å². The van der Waals surface area contributed by atoms with Crippen molar-refractivity contribution in [3.8, 4) is 0 Å². The van der Waals surface area contributed by atoms with Gasteiger partial charge in [0.15, 0.2) is 11.6 Å². The second kappa shape index (κ2) is 13.9. The molecule has 2 aliphatic carbocycles. The monoisotopic (exact) mass is 588 g/mol. The topological polar surface area (TPSA) is 59.0 Å². The molecular formula is C36H42F2N2O3. The number of fused-ring (bicyclic) bond motifs is 1. The van der Waals surface area contributed by atoms with Crippen LogP contribution in [0.3, 0.4) is 0 Å². The molecule has 2 aromatic rings. The molecule has 2 aromatic carbocycles. The van der Waals surface area contributed by atoms with Crippen LogP contribution in [0.1, 0.15) is 74.5 Å². The van der Waals surface area contributed by atoms with Crippen molar-refractivity contribution in [2.45, 2.75) is 70.3 Å². The second-order valence-electron chi connectivity index (χ2n) is 12.5. The molecule has 7 heteroatoms. The van der Waals surface area contributed by atoms with Crippen LogP contribution in [0.25, 0.3) is 12.2 Å². The zero-order valence-electron chi connectivity index (χ0n) is 25.5. The van der Waals surface area contributed by atoms with Gasteiger partial charge in [0.05, 0.1) is 11.8 Å². The fourth-order valence-corrected chi connectivity index (χ4v) is 6.97. The van der Waals surface area contributed by atoms with Crippen LogP contribution in [0.2, 0.25) is 0 Å². The van der Waals surface area contributed by atoms with E-state index in [1.807, 2.05) is 18.2 Å². The van der Waals surface area contributed by atoms with E-state index in [4.69, 9.17) is 9.73 Å². The molecule has 5 nitrogen and oxygen atoms in total. The van der Waals surface area contributed by atoms with Gasteiger partial charge in [0, 0.05) is 57.7 Å². The van der Waals surface area contributed by atoms with Crippen molar-refractivity contribution in [2.24, 2.45) is 22.7 Å². The predicted octanol–water partition coefficient (Wildman–Crippen LogP) is 7.75. The summed E-state index contributed by atoms with van der Waals surface area (Å²) in [6, 6.07) is 10.1. The van der Waals surface area contributed by atoms with Gasteiger partial charge in [-0.25, -0.2) is 8.78 Å². The zero-order valence-corrected chi connectivity index (χ0v) is 25.5. The summed E-state index contributed by atoms with van der Waals surface area (Å²) in [6.45, 7) is 0. The van der Waals surface area contributed by atoms with E-state index in [1.165, 1.54) is 16.5 Å². The van der Waals surface area contributed by atoms with Gasteiger partial charge in [-0.05, 0) is 98.2 Å². The number of nitrogens with zero attached hydrogens (tertiary/aromatic N) is 2. The highest BCUT2D eigenvalue weighted by Gasteiger charge is 2.37. The highest BCUT2D eigenvalue weighted by atomic mass is 19.2. The minimum Gasteiger partial charge on any atom is -0.381 e. The second-order valence-corrected chi connectivity index (χ2v) is 12.5. The van der Waals surface area contributed by atoms with Crippen LogP contribution in [0.4, 0.5) is 14.5 Å². The number of ketones is 1. The van der Waals surface area contributed by atoms with E-state index < -0.39 is 11.6 Å². The molecule has 0 aromatic heterocycles. The lowest BCUT2D eigenvalue weighted by atomic mass is 9.70. The van der Waals surface area contributed by atoms with Crippen LogP contribution >= 0.6 is 0 Å². The summed E-state index contributed by atoms with van der Waals surface area (Å²) >= 11 is 0. The third-order valence-corrected chi connectivity index (χ3v) is 9.39. The third-order valence-electron chi connectivity index (χ3n) is 9.39. The van der Waals surface area contributed by atoms with Crippen molar-refractivity contribution in [1.82, 2.24) is 4.90 Å². The molecule has 0 saturated heterocycles. The standard InChI is InChI=1S/C36H42F2N2O3/c1-40(2)35(42)18-9-23-7-10-26-13-16-31(25-11-14-29(43-3)15-12-25)36(39-34(26)21-23)30-6-4-5-28(41)22-27(30)19-24-8-17-32(37)33(38)20-24/h7-10,17-21,25,29-31H,4-6,11-16,22H2,1-3H3/b18-9+,27-19-/t25?,29?,30-,31?/m1/s1. The Morgan fingerprint density at radius 1 is 0.953 bits per heavy atom. The maximum absolute atomic E-state index is 14.2. The number of benzene rings is 2. The van der Waals surface area contributed by atoms with E-state index in [1.54, 1.807) is 33.3 Å². The molecule has 228 valence electrons. The first-order valence-corrected chi connectivity index (χ1v) is 15.5. The molecule has 5 rings (SSSR count). The largest absolute Gasteiger partial charge is 0.381 e. The average Bonchev–Trinajstić information content (AvgIpc) is 3.30. The number of aryl methyl sites for hydroxylation is 1. The van der Waals surface area contributed by atoms with Crippen LogP contribution in [0.15, 0.2) is 53.0 Å². The fourth-order valence-electron chi connectivity index (χ4n) is 6.97. The molecule has 43 heavy (non-hydrogen) atoms. The molecule has 3 aliphatic rings. The van der Waals surface area contributed by atoms with Gasteiger partial charge in [-0.3, -0.25) is 14.6 Å². The highest BCUT2D eigenvalue weighted by Crippen LogP contribution is 2.43. The van der Waals surface area contributed by atoms with Crippen LogP contribution in [-0.2, 0) is 20.7 Å². The molecular weight excluding hydrogens is 546 g/mol. The number of aliphatic imine (C=N–C) groups is 1. The van der Waals surface area contributed by atoms with Crippen molar-refractivity contribution in [3.05, 3.63) is 76.4 Å². The van der Waals surface area contributed by atoms with Gasteiger partial charge in [0.2, 0.25) is 5.91 Å². The number of likely N-dealkylation sites (N-methyl/N-ethyl adjacent to an activating group) is 1. The first-order valence-electron chi connectivity index (χ1n) is 15.5. The van der Waals surface area contributed by atoms with Crippen molar-refractivity contribution in [1.29, 1.82) is 0 Å². The van der Waals surface area contributed by atoms with E-state index in [0.29, 0.717) is 17.9 Å². The zero-order chi connectivity index (χ0) is 30.5. The summed E-state index contributed by atoms with van der Waals surface area (Å²) in [5, 5.41) is 0. The Morgan fingerprint density at radius 3 is 2.44 bits per heavy atom. The SMILES string of the molecule is COC1CCC(C2CCc3ccc(/C=C/C(=O)N(C)C)cc3N=C2[C@@H]2CCCC(=O)C/C2=C/c2ccc(F)c(F)c2)CC1. The summed E-state index contributed by atoms with van der Waals surface area (Å²) in [7, 11) is 5.24. The van der Waals surface area contributed by atoms with E-state index >= 15 is 0 Å². The van der Waals surface area contributed by atoms with Crippen molar-refractivity contribution in [3.63, 3.8) is 0 Å². The number of hydrogen-bond donors (Lipinski definition) is 0. The summed E-state index contributed by atoms with van der Waals surface area (Å²) in [5.41, 5.74) is 5.58. The molecule has 1 unspecified atom stereocenters. The number of carbonyl (C=O) groups excluding carboxylic acids is 2. The van der Waals surface area contributed by atoms with Gasteiger partial charge >= 0.3 is 0 Å². The quantitative estimate of drug-likeness (QED) is 0.256. The summed E-state index contributed by atoms with van der Waals surface area (Å²) < 4.78 is 33.6. The molecule has 2 saturated carbocycles. The van der Waals surface area contributed by atoms with E-state index in [0.717, 1.165) is 80.0 Å². The van der Waals surface area contributed by atoms with Gasteiger partial charge in [0.1, 0.15) is 5.78 Å². The number of amides is 1. The highest BCUT2D eigenvalue weighted by molar-refractivity contribution is 5.97. The Kier molecular flexibility index (Phi) is 10.0. The number of carbonyl (C=O) groups is 2. The van der Waals surface area contributed by atoms with Crippen molar-refractivity contribution in [2.75, 3.05) is 21.2 Å². The first-order chi connectivity index (χ1) is 20.7. The first kappa shape index (κ1) is 31.0. The van der Waals surface area contributed by atoms with Gasteiger partial charge < -0.3 is 9.64 Å². The van der Waals surface area contributed by atoms with E-state index in [2.05, 4.69) is 12.1 Å². The molecule has 0 radical (unpaired) electrons. The Labute approximate surface area is 253 Å². The molecule has 0 bridgehead atoms. The molecule has 1 aliphatic heterocycles. The van der Waals surface area contributed by atoms with E-state index in [9.17, 15) is 18.4 Å². The smallest absolute Gasteiger partial charge is 0.246 e. The average molecular weight is 589 g/mol. The fraction of sp³-hybridized carbons (Fsp3) is 0.472. The summed E-state index contributed by atoms with van der Waals surface area (Å²) in [5.74, 6) is -1.06. The maximum Gasteiger partial charge on any atom is 0.246 e. The van der Waals surface area contributed by atoms with Crippen LogP contribution in [0, 0.1) is 29.4 Å². The lowest BCUT2D eigenvalue weighted by Crippen LogP contribution is -2.34. The Balaban J connectivity index is 1.59. The van der Waals surface area contributed by atoms with E-state index in [-0.39, 0.29) is 36.1 Å². The normalized spacial score (nSPS) is 25.7. The third kappa shape index (κ3) is 7.56. The van der Waals surface area contributed by atoms with Gasteiger partial charge in [-0.1, -0.05) is 29.8 Å². The van der Waals surface area contributed by atoms with Gasteiger partial charge in [0.25, 0.3) is 0 Å². The van der Waals surface area contributed by atoms with Crippen LogP contribution in [0.5, 0.6) is 0 Å². The molecule has 2 atom stereocenters. The lowest BCUT2D eigenvalue weighted by Gasteiger charge is -2.36. The Bertz CT molecular complexity index is 1440. The summed E-state index contributed by atoms with van der Waals surface area (Å²) in [4.78, 5) is 32.1. The number of Topliss-reactive ketones (excluding diaryl/α,β-unsaturated/α-hetero) is 1. The van der Waals surface area contributed by atoms with Crippen molar-refractivity contribution >= 4 is 35.2 Å². The number of halogens is 2. The number of rotatable bonds is 6. The summed E-state index contributed by atoms with van der Waals surface area (Å²) in [6.07, 6.45) is 13.9. The van der Waals surface area contributed by atoms with Gasteiger partial charge in [-0.15, -0.1) is 0 Å². The van der Waals surface area contributed by atoms with Crippen molar-refractivity contribution < 1.29 is 23.1 Å². The number of methoxy groups -OCH3 is 1. The minimum atomic E-state index is -0.896. The Morgan fingerprint density at radius 2 is 1.72 bits per heavy atom. The number of hydrogen-bond acceptors (Lipinski definition) is 4. The number of ether oxygens (including phenoxy) is 1. The molecule has 2 fully saturated rings. The minimum absolute atomic E-state index is 0.0646. The molecule has 0 spiro atoms. The molecule has 1 amide bonds. The number of allylic oxidation sites excluding steroid dienone is 1. The maximum atomic E-state index is 14.2. The predicted molar refractivity (Wildman–Crippen MR) is 167 cm³/mol. The molecule has 0 N–H and O–H groups in total. The molecule has 1 heterocycles. The lowest BCUT2D eigenvalue weighted by molar-refractivity contribution is -0.123.